The predicted molar refractivity (Wildman–Crippen MR) is 119 cm³/mol. The summed E-state index contributed by atoms with van der Waals surface area (Å²) in [5.74, 6) is -0.225. The molecule has 2 aromatic rings. The summed E-state index contributed by atoms with van der Waals surface area (Å²) >= 11 is 0. The third-order valence-corrected chi connectivity index (χ3v) is 6.84. The molecule has 1 fully saturated rings. The Hall–Kier alpha value is -2.88. The van der Waals surface area contributed by atoms with Gasteiger partial charge in [-0.3, -0.25) is 14.5 Å². The maximum absolute atomic E-state index is 13.8. The number of nitrogens with zero attached hydrogens (tertiary/aromatic N) is 2. The maximum atomic E-state index is 13.8. The first-order valence-corrected chi connectivity index (χ1v) is 11.1. The number of aryl methyl sites for hydroxylation is 2. The van der Waals surface area contributed by atoms with E-state index < -0.39 is 0 Å². The van der Waals surface area contributed by atoms with Crippen molar-refractivity contribution in [2.75, 3.05) is 11.4 Å². The zero-order chi connectivity index (χ0) is 20.8. The van der Waals surface area contributed by atoms with E-state index in [0.29, 0.717) is 11.3 Å². The summed E-state index contributed by atoms with van der Waals surface area (Å²) in [7, 11) is 0. The minimum Gasteiger partial charge on any atom is -0.336 e. The van der Waals surface area contributed by atoms with Gasteiger partial charge in [0.05, 0.1) is 5.57 Å². The van der Waals surface area contributed by atoms with Crippen LogP contribution in [0.25, 0.3) is 5.57 Å². The quantitative estimate of drug-likeness (QED) is 0.696. The lowest BCUT2D eigenvalue weighted by Gasteiger charge is -2.30. The highest BCUT2D eigenvalue weighted by Gasteiger charge is 2.46. The van der Waals surface area contributed by atoms with Gasteiger partial charge in [-0.05, 0) is 55.9 Å². The minimum atomic E-state index is -0.113. The first-order valence-electron chi connectivity index (χ1n) is 11.1. The fraction of sp³-hybridized carbons (Fsp3) is 0.385. The molecule has 4 heteroatoms. The van der Waals surface area contributed by atoms with Crippen LogP contribution in [-0.2, 0) is 16.0 Å². The first-order chi connectivity index (χ1) is 14.6. The Morgan fingerprint density at radius 2 is 1.67 bits per heavy atom. The highest BCUT2D eigenvalue weighted by Crippen LogP contribution is 2.41. The van der Waals surface area contributed by atoms with Gasteiger partial charge in [0.25, 0.3) is 11.8 Å². The van der Waals surface area contributed by atoms with Gasteiger partial charge in [-0.25, -0.2) is 0 Å². The molecule has 0 spiro atoms. The molecule has 5 rings (SSSR count). The summed E-state index contributed by atoms with van der Waals surface area (Å²) in [5, 5.41) is 0. The van der Waals surface area contributed by atoms with Gasteiger partial charge in [0.15, 0.2) is 0 Å². The summed E-state index contributed by atoms with van der Waals surface area (Å²) in [6.45, 7) is 4.82. The van der Waals surface area contributed by atoms with Crippen LogP contribution in [-0.4, -0.2) is 29.3 Å². The maximum Gasteiger partial charge on any atom is 0.278 e. The zero-order valence-electron chi connectivity index (χ0n) is 17.8. The number of hydrogen-bond donors (Lipinski definition) is 0. The Morgan fingerprint density at radius 1 is 0.900 bits per heavy atom. The van der Waals surface area contributed by atoms with Gasteiger partial charge < -0.3 is 4.90 Å². The van der Waals surface area contributed by atoms with Gasteiger partial charge in [0.2, 0.25) is 0 Å². The third kappa shape index (κ3) is 2.97. The molecule has 2 heterocycles. The molecular formula is C26H28N2O2. The van der Waals surface area contributed by atoms with Gasteiger partial charge in [-0.1, -0.05) is 61.2 Å². The van der Waals surface area contributed by atoms with Gasteiger partial charge in [0.1, 0.15) is 5.70 Å². The molecule has 4 nitrogen and oxygen atoms in total. The molecule has 0 radical (unpaired) electrons. The van der Waals surface area contributed by atoms with E-state index in [-0.39, 0.29) is 17.9 Å². The van der Waals surface area contributed by atoms with E-state index >= 15 is 0 Å². The Balaban J connectivity index is 1.66. The number of anilines is 1. The molecule has 2 aromatic carbocycles. The van der Waals surface area contributed by atoms with Crippen molar-refractivity contribution >= 4 is 23.1 Å². The van der Waals surface area contributed by atoms with Crippen LogP contribution in [0.5, 0.6) is 0 Å². The van der Waals surface area contributed by atoms with Crippen LogP contribution in [0.1, 0.15) is 54.4 Å². The number of carbonyl (C=O) groups is 2. The number of rotatable bonds is 3. The number of benzene rings is 2. The molecule has 3 aliphatic rings. The average Bonchev–Trinajstić information content (AvgIpc) is 3.27. The highest BCUT2D eigenvalue weighted by atomic mass is 16.2. The lowest BCUT2D eigenvalue weighted by atomic mass is 9.94. The largest absolute Gasteiger partial charge is 0.336 e. The van der Waals surface area contributed by atoms with E-state index in [1.807, 2.05) is 31.2 Å². The fourth-order valence-corrected chi connectivity index (χ4v) is 5.36. The molecule has 0 atom stereocenters. The monoisotopic (exact) mass is 400 g/mol. The van der Waals surface area contributed by atoms with Crippen molar-refractivity contribution in [3.63, 3.8) is 0 Å². The van der Waals surface area contributed by atoms with Crippen molar-refractivity contribution < 1.29 is 9.59 Å². The summed E-state index contributed by atoms with van der Waals surface area (Å²) in [4.78, 5) is 31.2. The molecular weight excluding hydrogens is 372 g/mol. The Morgan fingerprint density at radius 3 is 2.43 bits per heavy atom. The molecule has 0 saturated heterocycles. The minimum absolute atomic E-state index is 0.0230. The number of imide groups is 1. The van der Waals surface area contributed by atoms with Crippen molar-refractivity contribution in [2.45, 2.75) is 58.4 Å². The zero-order valence-corrected chi connectivity index (χ0v) is 17.8. The summed E-state index contributed by atoms with van der Waals surface area (Å²) < 4.78 is 0. The Bertz CT molecular complexity index is 1060. The molecule has 1 aliphatic carbocycles. The number of amides is 2. The molecule has 1 saturated carbocycles. The predicted octanol–water partition coefficient (Wildman–Crippen LogP) is 4.78. The number of fused-ring (bicyclic) bond motifs is 1. The van der Waals surface area contributed by atoms with Gasteiger partial charge >= 0.3 is 0 Å². The SMILES string of the molecule is Cc1ccc(C2=C(N3CCc4ccccc43)C(=O)N(C3CCCCC3)C2=O)c(C)c1. The van der Waals surface area contributed by atoms with E-state index in [4.69, 9.17) is 0 Å². The van der Waals surface area contributed by atoms with Gasteiger partial charge in [0, 0.05) is 18.3 Å². The van der Waals surface area contributed by atoms with E-state index in [0.717, 1.165) is 61.0 Å². The van der Waals surface area contributed by atoms with Crippen LogP contribution in [0.4, 0.5) is 5.69 Å². The lowest BCUT2D eigenvalue weighted by Crippen LogP contribution is -2.43. The van der Waals surface area contributed by atoms with E-state index in [1.54, 1.807) is 4.90 Å². The van der Waals surface area contributed by atoms with Crippen LogP contribution in [0.3, 0.4) is 0 Å². The summed E-state index contributed by atoms with van der Waals surface area (Å²) in [6, 6.07) is 14.4. The van der Waals surface area contributed by atoms with E-state index in [2.05, 4.69) is 30.0 Å². The highest BCUT2D eigenvalue weighted by molar-refractivity contribution is 6.37. The molecule has 0 unspecified atom stereocenters. The first kappa shape index (κ1) is 19.1. The normalized spacial score (nSPS) is 19.8. The number of hydrogen-bond acceptors (Lipinski definition) is 3. The molecule has 154 valence electrons. The molecule has 2 amide bonds. The third-order valence-electron chi connectivity index (χ3n) is 6.84. The summed E-state index contributed by atoms with van der Waals surface area (Å²) in [6.07, 6.45) is 6.09. The molecule has 0 bridgehead atoms. The van der Waals surface area contributed by atoms with E-state index in [9.17, 15) is 9.59 Å². The van der Waals surface area contributed by atoms with Crippen molar-refractivity contribution in [1.29, 1.82) is 0 Å². The number of carbonyl (C=O) groups excluding carboxylic acids is 2. The van der Waals surface area contributed by atoms with Crippen molar-refractivity contribution in [2.24, 2.45) is 0 Å². The topological polar surface area (TPSA) is 40.6 Å². The standard InChI is InChI=1S/C26H28N2O2/c1-17-12-13-21(18(2)16-17)23-24(27-15-14-19-8-6-7-11-22(19)27)26(30)28(25(23)29)20-9-4-3-5-10-20/h6-8,11-13,16,20H,3-5,9-10,14-15H2,1-2H3. The summed E-state index contributed by atoms with van der Waals surface area (Å²) in [5.41, 5.74) is 6.54. The number of para-hydroxylation sites is 1. The second kappa shape index (κ2) is 7.42. The average molecular weight is 401 g/mol. The van der Waals surface area contributed by atoms with Crippen molar-refractivity contribution in [1.82, 2.24) is 4.90 Å². The van der Waals surface area contributed by atoms with Crippen LogP contribution < -0.4 is 4.90 Å². The van der Waals surface area contributed by atoms with E-state index in [1.165, 1.54) is 12.0 Å². The van der Waals surface area contributed by atoms with Crippen molar-refractivity contribution in [3.05, 3.63) is 70.4 Å². The van der Waals surface area contributed by atoms with Crippen LogP contribution in [0.15, 0.2) is 48.2 Å². The lowest BCUT2D eigenvalue weighted by molar-refractivity contribution is -0.140. The Kier molecular flexibility index (Phi) is 4.73. The van der Waals surface area contributed by atoms with Crippen LogP contribution in [0.2, 0.25) is 0 Å². The molecule has 30 heavy (non-hydrogen) atoms. The van der Waals surface area contributed by atoms with Gasteiger partial charge in [-0.2, -0.15) is 0 Å². The van der Waals surface area contributed by atoms with Crippen LogP contribution in [0, 0.1) is 13.8 Å². The van der Waals surface area contributed by atoms with Crippen LogP contribution >= 0.6 is 0 Å². The van der Waals surface area contributed by atoms with Crippen molar-refractivity contribution in [3.8, 4) is 0 Å². The molecule has 0 aromatic heterocycles. The fourth-order valence-electron chi connectivity index (χ4n) is 5.36. The molecule has 2 aliphatic heterocycles. The smallest absolute Gasteiger partial charge is 0.278 e. The van der Waals surface area contributed by atoms with Gasteiger partial charge in [-0.15, -0.1) is 0 Å². The molecule has 0 N–H and O–H groups in total. The Labute approximate surface area is 178 Å². The second-order valence-electron chi connectivity index (χ2n) is 8.84. The second-order valence-corrected chi connectivity index (χ2v) is 8.84.